The minimum Gasteiger partial charge on any atom is -0.352 e. The van der Waals surface area contributed by atoms with Crippen molar-refractivity contribution in [1.82, 2.24) is 10.2 Å². The van der Waals surface area contributed by atoms with Crippen LogP contribution in [0.3, 0.4) is 0 Å². The van der Waals surface area contributed by atoms with Crippen molar-refractivity contribution in [2.45, 2.75) is 45.3 Å². The van der Waals surface area contributed by atoms with Gasteiger partial charge in [-0.3, -0.25) is 13.9 Å². The Labute approximate surface area is 254 Å². The number of nitrogens with zero attached hydrogens (tertiary/aromatic N) is 2. The number of carbonyl (C=O) groups excluding carboxylic acids is 2. The largest absolute Gasteiger partial charge is 0.352 e. The van der Waals surface area contributed by atoms with E-state index in [0.717, 1.165) is 16.1 Å². The van der Waals surface area contributed by atoms with Crippen LogP contribution in [0.2, 0.25) is 10.0 Å². The zero-order valence-electron chi connectivity index (χ0n) is 22.5. The van der Waals surface area contributed by atoms with E-state index in [2.05, 4.69) is 21.2 Å². The zero-order valence-corrected chi connectivity index (χ0v) is 26.4. The summed E-state index contributed by atoms with van der Waals surface area (Å²) in [6.07, 6.45) is 1.97. The highest BCUT2D eigenvalue weighted by atomic mass is 79.9. The molecule has 0 spiro atoms. The lowest BCUT2D eigenvalue weighted by Gasteiger charge is -2.34. The van der Waals surface area contributed by atoms with E-state index in [9.17, 15) is 18.0 Å². The van der Waals surface area contributed by atoms with Gasteiger partial charge in [-0.15, -0.1) is 0 Å². The first-order valence-electron chi connectivity index (χ1n) is 12.7. The number of amides is 2. The van der Waals surface area contributed by atoms with Crippen LogP contribution in [0.25, 0.3) is 0 Å². The number of sulfonamides is 1. The van der Waals surface area contributed by atoms with Crippen molar-refractivity contribution in [2.24, 2.45) is 0 Å². The fourth-order valence-electron chi connectivity index (χ4n) is 4.08. The Morgan fingerprint density at radius 2 is 1.60 bits per heavy atom. The number of anilines is 1. The molecule has 0 aliphatic heterocycles. The van der Waals surface area contributed by atoms with Crippen molar-refractivity contribution in [3.63, 3.8) is 0 Å². The van der Waals surface area contributed by atoms with Crippen molar-refractivity contribution >= 4 is 66.7 Å². The first-order valence-corrected chi connectivity index (χ1v) is 16.1. The van der Waals surface area contributed by atoms with Crippen molar-refractivity contribution in [3.05, 3.63) is 98.4 Å². The summed E-state index contributed by atoms with van der Waals surface area (Å²) in [6.45, 7) is 3.35. The van der Waals surface area contributed by atoms with Crippen LogP contribution in [-0.2, 0) is 32.6 Å². The van der Waals surface area contributed by atoms with Crippen LogP contribution in [0.5, 0.6) is 0 Å². The number of para-hydroxylation sites is 1. The SMILES string of the molecule is CCC(C)NC(=O)C(Cc1ccccc1)N(Cc1ccc(Cl)c(Cl)c1)C(=O)CN(c1ccccc1Br)S(C)(=O)=O. The van der Waals surface area contributed by atoms with Gasteiger partial charge in [0.1, 0.15) is 12.6 Å². The molecule has 40 heavy (non-hydrogen) atoms. The van der Waals surface area contributed by atoms with Crippen molar-refractivity contribution in [1.29, 1.82) is 0 Å². The molecule has 0 aromatic heterocycles. The molecule has 0 saturated heterocycles. The van der Waals surface area contributed by atoms with E-state index < -0.39 is 28.5 Å². The van der Waals surface area contributed by atoms with Crippen LogP contribution in [0, 0.1) is 0 Å². The number of rotatable bonds is 12. The lowest BCUT2D eigenvalue weighted by Crippen LogP contribution is -2.54. The highest BCUT2D eigenvalue weighted by Crippen LogP contribution is 2.29. The third kappa shape index (κ3) is 8.70. The second-order valence-corrected chi connectivity index (χ2v) is 13.1. The molecular weight excluding hydrogens is 637 g/mol. The molecule has 3 aromatic carbocycles. The summed E-state index contributed by atoms with van der Waals surface area (Å²) in [5, 5.41) is 3.66. The Hall–Kier alpha value is -2.59. The number of carbonyl (C=O) groups is 2. The predicted molar refractivity (Wildman–Crippen MR) is 165 cm³/mol. The second kappa shape index (κ2) is 14.3. The molecule has 1 N–H and O–H groups in total. The number of halogens is 3. The Balaban J connectivity index is 2.09. The maximum Gasteiger partial charge on any atom is 0.244 e. The van der Waals surface area contributed by atoms with E-state index in [1.54, 1.807) is 42.5 Å². The van der Waals surface area contributed by atoms with Gasteiger partial charge >= 0.3 is 0 Å². The molecule has 2 atom stereocenters. The fourth-order valence-corrected chi connectivity index (χ4v) is 5.88. The summed E-state index contributed by atoms with van der Waals surface area (Å²) in [5.41, 5.74) is 1.81. The summed E-state index contributed by atoms with van der Waals surface area (Å²) >= 11 is 15.8. The molecule has 0 saturated carbocycles. The molecule has 3 rings (SSSR count). The number of hydrogen-bond donors (Lipinski definition) is 1. The molecule has 2 unspecified atom stereocenters. The topological polar surface area (TPSA) is 86.8 Å². The smallest absolute Gasteiger partial charge is 0.244 e. The Bertz CT molecular complexity index is 1440. The van der Waals surface area contributed by atoms with Gasteiger partial charge in [0.15, 0.2) is 0 Å². The van der Waals surface area contributed by atoms with Crippen LogP contribution in [0.1, 0.15) is 31.4 Å². The number of benzene rings is 3. The van der Waals surface area contributed by atoms with E-state index in [1.807, 2.05) is 44.2 Å². The molecule has 7 nitrogen and oxygen atoms in total. The molecule has 3 aromatic rings. The summed E-state index contributed by atoms with van der Waals surface area (Å²) < 4.78 is 27.3. The van der Waals surface area contributed by atoms with E-state index in [-0.39, 0.29) is 24.9 Å². The second-order valence-electron chi connectivity index (χ2n) is 9.51. The van der Waals surface area contributed by atoms with Crippen molar-refractivity contribution in [2.75, 3.05) is 17.1 Å². The van der Waals surface area contributed by atoms with E-state index in [4.69, 9.17) is 23.2 Å². The van der Waals surface area contributed by atoms with Crippen LogP contribution >= 0.6 is 39.1 Å². The molecule has 2 amide bonds. The molecule has 0 radical (unpaired) electrons. The molecule has 0 aliphatic carbocycles. The average molecular weight is 669 g/mol. The maximum absolute atomic E-state index is 14.1. The van der Waals surface area contributed by atoms with Gasteiger partial charge in [-0.1, -0.05) is 78.7 Å². The van der Waals surface area contributed by atoms with Crippen LogP contribution in [-0.4, -0.2) is 50.0 Å². The van der Waals surface area contributed by atoms with Crippen LogP contribution < -0.4 is 9.62 Å². The maximum atomic E-state index is 14.1. The fraction of sp³-hybridized carbons (Fsp3) is 0.310. The van der Waals surface area contributed by atoms with E-state index in [1.165, 1.54) is 4.90 Å². The highest BCUT2D eigenvalue weighted by molar-refractivity contribution is 9.10. The van der Waals surface area contributed by atoms with Crippen molar-refractivity contribution < 1.29 is 18.0 Å². The van der Waals surface area contributed by atoms with E-state index >= 15 is 0 Å². The summed E-state index contributed by atoms with van der Waals surface area (Å²) in [5.74, 6) is -0.883. The first-order chi connectivity index (χ1) is 18.9. The van der Waals surface area contributed by atoms with Crippen LogP contribution in [0.15, 0.2) is 77.3 Å². The van der Waals surface area contributed by atoms with Crippen LogP contribution in [0.4, 0.5) is 5.69 Å². The van der Waals surface area contributed by atoms with Gasteiger partial charge in [-0.25, -0.2) is 8.42 Å². The minimum absolute atomic E-state index is 0.00864. The molecule has 0 heterocycles. The highest BCUT2D eigenvalue weighted by Gasteiger charge is 2.33. The van der Waals surface area contributed by atoms with Gasteiger partial charge in [-0.05, 0) is 64.7 Å². The van der Waals surface area contributed by atoms with Gasteiger partial charge in [-0.2, -0.15) is 0 Å². The number of nitrogens with one attached hydrogen (secondary N) is 1. The van der Waals surface area contributed by atoms with Gasteiger partial charge < -0.3 is 10.2 Å². The van der Waals surface area contributed by atoms with Crippen molar-refractivity contribution in [3.8, 4) is 0 Å². The summed E-state index contributed by atoms with van der Waals surface area (Å²) in [6, 6.07) is 20.0. The quantitative estimate of drug-likeness (QED) is 0.254. The molecule has 0 aliphatic rings. The molecule has 0 bridgehead atoms. The molecule has 214 valence electrons. The first kappa shape index (κ1) is 31.9. The van der Waals surface area contributed by atoms with Gasteiger partial charge in [0, 0.05) is 23.5 Å². The predicted octanol–water partition coefficient (Wildman–Crippen LogP) is 6.08. The summed E-state index contributed by atoms with van der Waals surface area (Å²) in [7, 11) is -3.87. The summed E-state index contributed by atoms with van der Waals surface area (Å²) in [4.78, 5) is 29.2. The molecule has 11 heteroatoms. The molecular formula is C29H32BrCl2N3O4S. The lowest BCUT2D eigenvalue weighted by atomic mass is 10.0. The zero-order chi connectivity index (χ0) is 29.4. The average Bonchev–Trinajstić information content (AvgIpc) is 2.91. The Kier molecular flexibility index (Phi) is 11.5. The monoisotopic (exact) mass is 667 g/mol. The van der Waals surface area contributed by atoms with Gasteiger partial charge in [0.2, 0.25) is 21.8 Å². The third-order valence-corrected chi connectivity index (χ3v) is 8.95. The Morgan fingerprint density at radius 1 is 0.950 bits per heavy atom. The minimum atomic E-state index is -3.87. The Morgan fingerprint density at radius 3 is 2.20 bits per heavy atom. The lowest BCUT2D eigenvalue weighted by molar-refractivity contribution is -0.140. The standard InChI is InChI=1S/C29H32BrCl2N3O4S/c1-4-20(2)33-29(37)27(17-21-10-6-5-7-11-21)34(18-22-14-15-24(31)25(32)16-22)28(36)19-35(40(3,38)39)26-13-9-8-12-23(26)30/h5-16,20,27H,4,17-19H2,1-3H3,(H,33,37). The third-order valence-electron chi connectivity index (χ3n) is 6.41. The van der Waals surface area contributed by atoms with Gasteiger partial charge in [0.25, 0.3) is 0 Å². The molecule has 0 fully saturated rings. The van der Waals surface area contributed by atoms with E-state index in [0.29, 0.717) is 32.2 Å². The van der Waals surface area contributed by atoms with Gasteiger partial charge in [0.05, 0.1) is 22.0 Å². The normalized spacial score (nSPS) is 12.8. The number of hydrogen-bond acceptors (Lipinski definition) is 4.